The van der Waals surface area contributed by atoms with Crippen molar-refractivity contribution in [1.82, 2.24) is 25.3 Å². The molecule has 0 unspecified atom stereocenters. The highest BCUT2D eigenvalue weighted by Gasteiger charge is 2.24. The molecule has 2 aromatic heterocycles. The van der Waals surface area contributed by atoms with Gasteiger partial charge in [0.1, 0.15) is 0 Å². The molecule has 3 heterocycles. The van der Waals surface area contributed by atoms with E-state index in [1.54, 1.807) is 18.3 Å². The van der Waals surface area contributed by atoms with Crippen LogP contribution in [-0.2, 0) is 6.42 Å². The topological polar surface area (TPSA) is 84.2 Å². The number of thiazole rings is 1. The molecule has 1 aliphatic heterocycles. The average Bonchev–Trinajstić information content (AvgIpc) is 3.23. The van der Waals surface area contributed by atoms with Crippen LogP contribution in [0.5, 0.6) is 0 Å². The van der Waals surface area contributed by atoms with Crippen LogP contribution in [0.2, 0.25) is 0 Å². The van der Waals surface area contributed by atoms with Crippen LogP contribution in [-0.4, -0.2) is 45.7 Å². The number of likely N-dealkylation sites (tertiary alicyclic amines) is 1. The molecule has 124 valence electrons. The van der Waals surface area contributed by atoms with E-state index in [9.17, 15) is 4.79 Å². The number of aryl methyl sites for hydroxylation is 2. The summed E-state index contributed by atoms with van der Waals surface area (Å²) in [5.41, 5.74) is 0. The van der Waals surface area contributed by atoms with E-state index in [0.717, 1.165) is 32.4 Å². The van der Waals surface area contributed by atoms with Gasteiger partial charge >= 0.3 is 6.03 Å². The minimum atomic E-state index is 0.0179. The van der Waals surface area contributed by atoms with Gasteiger partial charge in [-0.25, -0.2) is 9.78 Å². The first-order valence-electron chi connectivity index (χ1n) is 7.93. The highest BCUT2D eigenvalue weighted by Crippen LogP contribution is 2.29. The Morgan fingerprint density at radius 3 is 2.96 bits per heavy atom. The summed E-state index contributed by atoms with van der Waals surface area (Å²) in [5.74, 6) is 1.77. The van der Waals surface area contributed by atoms with Gasteiger partial charge in [0.2, 0.25) is 5.89 Å². The van der Waals surface area contributed by atoms with Crippen LogP contribution in [0.15, 0.2) is 16.1 Å². The summed E-state index contributed by atoms with van der Waals surface area (Å²) < 4.78 is 5.05. The quantitative estimate of drug-likeness (QED) is 0.848. The van der Waals surface area contributed by atoms with Gasteiger partial charge in [0.25, 0.3) is 0 Å². The van der Waals surface area contributed by atoms with Gasteiger partial charge in [-0.05, 0) is 26.2 Å². The average molecular weight is 335 g/mol. The molecule has 3 rings (SSSR count). The van der Waals surface area contributed by atoms with Crippen molar-refractivity contribution in [2.45, 2.75) is 38.5 Å². The van der Waals surface area contributed by atoms with Gasteiger partial charge in [0.15, 0.2) is 5.82 Å². The van der Waals surface area contributed by atoms with Crippen LogP contribution in [0.25, 0.3) is 0 Å². The number of carbonyl (C=O) groups excluding carboxylic acids is 1. The summed E-state index contributed by atoms with van der Waals surface area (Å²) in [7, 11) is 0. The predicted molar refractivity (Wildman–Crippen MR) is 86.4 cm³/mol. The zero-order valence-electron chi connectivity index (χ0n) is 13.2. The highest BCUT2D eigenvalue weighted by molar-refractivity contribution is 7.09. The van der Waals surface area contributed by atoms with Gasteiger partial charge in [-0.3, -0.25) is 0 Å². The molecule has 1 fully saturated rings. The van der Waals surface area contributed by atoms with E-state index < -0.39 is 0 Å². The molecule has 0 aliphatic carbocycles. The van der Waals surface area contributed by atoms with Gasteiger partial charge in [-0.15, -0.1) is 11.3 Å². The Labute approximate surface area is 139 Å². The first kappa shape index (κ1) is 15.9. The Hall–Kier alpha value is -1.96. The second kappa shape index (κ2) is 7.54. The van der Waals surface area contributed by atoms with Gasteiger partial charge in [-0.1, -0.05) is 5.16 Å². The van der Waals surface area contributed by atoms with E-state index in [4.69, 9.17) is 4.52 Å². The Morgan fingerprint density at radius 1 is 1.48 bits per heavy atom. The predicted octanol–water partition coefficient (Wildman–Crippen LogP) is 2.36. The molecule has 2 aromatic rings. The van der Waals surface area contributed by atoms with Gasteiger partial charge in [0, 0.05) is 43.5 Å². The van der Waals surface area contributed by atoms with Crippen molar-refractivity contribution in [3.63, 3.8) is 0 Å². The maximum atomic E-state index is 12.2. The van der Waals surface area contributed by atoms with Crippen molar-refractivity contribution in [3.8, 4) is 0 Å². The van der Waals surface area contributed by atoms with Crippen LogP contribution < -0.4 is 5.32 Å². The first-order chi connectivity index (χ1) is 11.2. The number of hydrogen-bond acceptors (Lipinski definition) is 6. The monoisotopic (exact) mass is 335 g/mol. The molecule has 2 amide bonds. The largest absolute Gasteiger partial charge is 0.339 e. The molecular weight excluding hydrogens is 314 g/mol. The number of nitrogens with one attached hydrogen (secondary N) is 1. The lowest BCUT2D eigenvalue weighted by Gasteiger charge is -2.31. The van der Waals surface area contributed by atoms with E-state index in [-0.39, 0.29) is 6.03 Å². The fourth-order valence-electron chi connectivity index (χ4n) is 2.75. The molecule has 0 bridgehead atoms. The normalized spacial score (nSPS) is 15.8. The molecule has 0 atom stereocenters. The van der Waals surface area contributed by atoms with Crippen LogP contribution in [0.4, 0.5) is 4.79 Å². The molecule has 0 saturated carbocycles. The molecule has 8 heteroatoms. The molecule has 1 N–H and O–H groups in total. The van der Waals surface area contributed by atoms with E-state index in [2.05, 4.69) is 20.4 Å². The molecule has 1 aliphatic rings. The number of amides is 2. The fourth-order valence-corrected chi connectivity index (χ4v) is 3.56. The molecule has 1 saturated heterocycles. The minimum absolute atomic E-state index is 0.0179. The van der Waals surface area contributed by atoms with Crippen molar-refractivity contribution < 1.29 is 9.32 Å². The lowest BCUT2D eigenvalue weighted by atomic mass is 9.98. The zero-order valence-corrected chi connectivity index (χ0v) is 14.0. The summed E-state index contributed by atoms with van der Waals surface area (Å²) in [5, 5.41) is 9.92. The van der Waals surface area contributed by atoms with Crippen LogP contribution in [0.3, 0.4) is 0 Å². The summed E-state index contributed by atoms with van der Waals surface area (Å²) >= 11 is 1.71. The van der Waals surface area contributed by atoms with Gasteiger partial charge in [0.05, 0.1) is 5.01 Å². The minimum Gasteiger partial charge on any atom is -0.339 e. The summed E-state index contributed by atoms with van der Waals surface area (Å²) in [6.07, 6.45) is 5.31. The summed E-state index contributed by atoms with van der Waals surface area (Å²) in [6, 6.07) is 0.0179. The third-order valence-corrected chi connectivity index (χ3v) is 4.93. The van der Waals surface area contributed by atoms with Gasteiger partial charge in [-0.2, -0.15) is 4.98 Å². The molecule has 0 spiro atoms. The number of aromatic nitrogens is 3. The van der Waals surface area contributed by atoms with Crippen molar-refractivity contribution in [2.75, 3.05) is 19.6 Å². The third-order valence-electron chi connectivity index (χ3n) is 4.00. The third kappa shape index (κ3) is 4.28. The second-order valence-electron chi connectivity index (χ2n) is 5.70. The van der Waals surface area contributed by atoms with Crippen LogP contribution in [0.1, 0.15) is 41.9 Å². The molecule has 7 nitrogen and oxygen atoms in total. The van der Waals surface area contributed by atoms with Crippen molar-refractivity contribution in [1.29, 1.82) is 0 Å². The fraction of sp³-hybridized carbons (Fsp3) is 0.600. The van der Waals surface area contributed by atoms with E-state index in [0.29, 0.717) is 30.6 Å². The lowest BCUT2D eigenvalue weighted by molar-refractivity contribution is 0.181. The van der Waals surface area contributed by atoms with Crippen molar-refractivity contribution in [2.24, 2.45) is 0 Å². The Morgan fingerprint density at radius 2 is 2.30 bits per heavy atom. The SMILES string of the molecule is Cc1noc(CCCNC(=O)N2CCC(c3nccs3)CC2)n1. The Balaban J connectivity index is 1.35. The first-order valence-corrected chi connectivity index (χ1v) is 8.81. The molecule has 0 aromatic carbocycles. The number of urea groups is 1. The summed E-state index contributed by atoms with van der Waals surface area (Å²) in [6.45, 7) is 3.99. The van der Waals surface area contributed by atoms with E-state index in [1.807, 2.05) is 16.5 Å². The number of piperidine rings is 1. The maximum absolute atomic E-state index is 12.2. The maximum Gasteiger partial charge on any atom is 0.317 e. The van der Waals surface area contributed by atoms with Gasteiger partial charge < -0.3 is 14.7 Å². The molecule has 23 heavy (non-hydrogen) atoms. The number of rotatable bonds is 5. The lowest BCUT2D eigenvalue weighted by Crippen LogP contribution is -2.44. The number of carbonyl (C=O) groups is 1. The van der Waals surface area contributed by atoms with Crippen LogP contribution >= 0.6 is 11.3 Å². The van der Waals surface area contributed by atoms with Crippen LogP contribution in [0, 0.1) is 6.92 Å². The number of hydrogen-bond donors (Lipinski definition) is 1. The summed E-state index contributed by atoms with van der Waals surface area (Å²) in [4.78, 5) is 22.6. The van der Waals surface area contributed by atoms with Crippen molar-refractivity contribution in [3.05, 3.63) is 28.3 Å². The molecule has 0 radical (unpaired) electrons. The second-order valence-corrected chi connectivity index (χ2v) is 6.63. The number of nitrogens with zero attached hydrogens (tertiary/aromatic N) is 4. The standard InChI is InChI=1S/C15H21N5O2S/c1-11-18-13(22-19-11)3-2-6-17-15(21)20-8-4-12(5-9-20)14-16-7-10-23-14/h7,10,12H,2-6,8-9H2,1H3,(H,17,21). The molecular formula is C15H21N5O2S. The van der Waals surface area contributed by atoms with Crippen molar-refractivity contribution >= 4 is 17.4 Å². The van der Waals surface area contributed by atoms with E-state index >= 15 is 0 Å². The highest BCUT2D eigenvalue weighted by atomic mass is 32.1. The smallest absolute Gasteiger partial charge is 0.317 e. The Kier molecular flexibility index (Phi) is 5.22. The Bertz CT molecular complexity index is 620. The zero-order chi connectivity index (χ0) is 16.1. The van der Waals surface area contributed by atoms with E-state index in [1.165, 1.54) is 5.01 Å².